The first-order valence-corrected chi connectivity index (χ1v) is 14.9. The van der Waals surface area contributed by atoms with Gasteiger partial charge in [-0.2, -0.15) is 0 Å². The van der Waals surface area contributed by atoms with E-state index in [1.807, 2.05) is 75.4 Å². The van der Waals surface area contributed by atoms with Gasteiger partial charge in [0.05, 0.1) is 6.42 Å². The van der Waals surface area contributed by atoms with Crippen LogP contribution in [0.5, 0.6) is 0 Å². The molecule has 3 N–H and O–H groups in total. The number of esters is 1. The lowest BCUT2D eigenvalue weighted by Crippen LogP contribution is -2.55. The quantitative estimate of drug-likeness (QED) is 0.387. The molecule has 0 bridgehead atoms. The maximum atomic E-state index is 13.4. The number of carbonyl (C=O) groups is 4. The van der Waals surface area contributed by atoms with Crippen molar-refractivity contribution in [1.29, 1.82) is 0 Å². The number of ether oxygens (including phenoxy) is 1. The van der Waals surface area contributed by atoms with E-state index in [0.717, 1.165) is 36.0 Å². The Hall–Kier alpha value is -3.68. The lowest BCUT2D eigenvalue weighted by atomic mass is 9.94. The van der Waals surface area contributed by atoms with Crippen LogP contribution in [-0.2, 0) is 30.3 Å². The molecule has 0 saturated carbocycles. The number of nitrogens with one attached hydrogen (secondary N) is 3. The minimum atomic E-state index is -0.915. The molecule has 3 amide bonds. The number of carbonyl (C=O) groups excluding carboxylic acids is 4. The number of hydrogen-bond donors (Lipinski definition) is 3. The molecule has 0 aromatic heterocycles. The smallest absolute Gasteiger partial charge is 0.329 e. The number of cyclic esters (lactones) is 1. The minimum Gasteiger partial charge on any atom is -0.460 e. The first kappa shape index (κ1) is 31.8. The van der Waals surface area contributed by atoms with Crippen molar-refractivity contribution >= 4 is 23.7 Å². The zero-order valence-corrected chi connectivity index (χ0v) is 24.9. The molecule has 41 heavy (non-hydrogen) atoms. The predicted octanol–water partition coefficient (Wildman–Crippen LogP) is 4.56. The summed E-state index contributed by atoms with van der Waals surface area (Å²) in [4.78, 5) is 53.1. The highest BCUT2D eigenvalue weighted by Gasteiger charge is 2.35. The highest BCUT2D eigenvalue weighted by atomic mass is 16.5. The summed E-state index contributed by atoms with van der Waals surface area (Å²) >= 11 is 0. The summed E-state index contributed by atoms with van der Waals surface area (Å²) in [5.74, 6) is -2.13. The van der Waals surface area contributed by atoms with Gasteiger partial charge in [-0.1, -0.05) is 102 Å². The van der Waals surface area contributed by atoms with E-state index in [1.54, 1.807) is 6.92 Å². The topological polar surface area (TPSA) is 114 Å². The van der Waals surface area contributed by atoms with E-state index in [1.165, 1.54) is 0 Å². The van der Waals surface area contributed by atoms with E-state index >= 15 is 0 Å². The van der Waals surface area contributed by atoms with Crippen LogP contribution < -0.4 is 16.0 Å². The normalized spacial score (nSPS) is 23.9. The second kappa shape index (κ2) is 15.4. The fourth-order valence-electron chi connectivity index (χ4n) is 4.97. The number of rotatable bonds is 9. The lowest BCUT2D eigenvalue weighted by molar-refractivity contribution is -0.158. The predicted molar refractivity (Wildman–Crippen MR) is 160 cm³/mol. The summed E-state index contributed by atoms with van der Waals surface area (Å²) in [7, 11) is 0. The van der Waals surface area contributed by atoms with Gasteiger partial charge in [-0.15, -0.1) is 0 Å². The maximum Gasteiger partial charge on any atom is 0.329 e. The van der Waals surface area contributed by atoms with Gasteiger partial charge in [0.2, 0.25) is 17.7 Å². The summed E-state index contributed by atoms with van der Waals surface area (Å²) in [6.45, 7) is 9.42. The number of benzene rings is 2. The molecule has 8 nitrogen and oxygen atoms in total. The van der Waals surface area contributed by atoms with Gasteiger partial charge in [0.25, 0.3) is 0 Å². The molecule has 0 radical (unpaired) electrons. The monoisotopic (exact) mass is 563 g/mol. The molecule has 1 aliphatic rings. The van der Waals surface area contributed by atoms with Crippen LogP contribution in [0.2, 0.25) is 0 Å². The van der Waals surface area contributed by atoms with Crippen LogP contribution >= 0.6 is 0 Å². The van der Waals surface area contributed by atoms with Gasteiger partial charge in [-0.05, 0) is 41.9 Å². The molecule has 3 rings (SSSR count). The third kappa shape index (κ3) is 9.17. The minimum absolute atomic E-state index is 0.0654. The van der Waals surface area contributed by atoms with Crippen LogP contribution in [0.3, 0.4) is 0 Å². The molecule has 1 fully saturated rings. The Labute approximate surface area is 244 Å². The first-order chi connectivity index (χ1) is 19.6. The third-order valence-corrected chi connectivity index (χ3v) is 7.97. The molecule has 8 heteroatoms. The fourth-order valence-corrected chi connectivity index (χ4v) is 4.97. The van der Waals surface area contributed by atoms with Gasteiger partial charge in [-0.3, -0.25) is 14.4 Å². The van der Waals surface area contributed by atoms with Crippen molar-refractivity contribution < 1.29 is 23.9 Å². The van der Waals surface area contributed by atoms with E-state index in [-0.39, 0.29) is 30.6 Å². The summed E-state index contributed by atoms with van der Waals surface area (Å²) in [6, 6.07) is 15.1. The number of amides is 3. The van der Waals surface area contributed by atoms with Crippen molar-refractivity contribution in [1.82, 2.24) is 16.0 Å². The Balaban J connectivity index is 1.87. The van der Waals surface area contributed by atoms with Crippen LogP contribution in [-0.4, -0.2) is 47.9 Å². The molecule has 0 unspecified atom stereocenters. The Bertz CT molecular complexity index is 1170. The third-order valence-electron chi connectivity index (χ3n) is 7.97. The van der Waals surface area contributed by atoms with Crippen LogP contribution in [0.15, 0.2) is 54.6 Å². The Morgan fingerprint density at radius 3 is 2.12 bits per heavy atom. The average Bonchev–Trinajstić information content (AvgIpc) is 2.97. The molecule has 1 aliphatic heterocycles. The van der Waals surface area contributed by atoms with Gasteiger partial charge in [-0.25, -0.2) is 4.79 Å². The van der Waals surface area contributed by atoms with E-state index in [9.17, 15) is 19.2 Å². The zero-order chi connectivity index (χ0) is 29.9. The van der Waals surface area contributed by atoms with E-state index in [2.05, 4.69) is 22.9 Å². The van der Waals surface area contributed by atoms with Gasteiger partial charge >= 0.3 is 5.97 Å². The van der Waals surface area contributed by atoms with Gasteiger partial charge in [0.15, 0.2) is 0 Å². The van der Waals surface area contributed by atoms with Crippen molar-refractivity contribution in [3.05, 3.63) is 60.2 Å². The molecular formula is C33H45N3O5. The van der Waals surface area contributed by atoms with Crippen molar-refractivity contribution in [2.45, 2.75) is 97.4 Å². The second-order valence-electron chi connectivity index (χ2n) is 11.3. The summed E-state index contributed by atoms with van der Waals surface area (Å²) in [6.07, 6.45) is 2.84. The molecule has 222 valence electrons. The number of unbranched alkanes of at least 4 members (excludes halogenated alkanes) is 1. The van der Waals surface area contributed by atoms with E-state index < -0.39 is 42.0 Å². The Morgan fingerprint density at radius 2 is 1.49 bits per heavy atom. The molecule has 0 aliphatic carbocycles. The fraction of sp³-hybridized carbons (Fsp3) is 0.515. The van der Waals surface area contributed by atoms with E-state index in [4.69, 9.17) is 4.74 Å². The molecule has 1 heterocycles. The molecular weight excluding hydrogens is 518 g/mol. The maximum absolute atomic E-state index is 13.4. The largest absolute Gasteiger partial charge is 0.460 e. The highest BCUT2D eigenvalue weighted by molar-refractivity contribution is 5.94. The van der Waals surface area contributed by atoms with Crippen LogP contribution in [0.4, 0.5) is 0 Å². The van der Waals surface area contributed by atoms with Crippen molar-refractivity contribution in [2.24, 2.45) is 11.8 Å². The summed E-state index contributed by atoms with van der Waals surface area (Å²) in [5, 5.41) is 8.39. The Morgan fingerprint density at radius 1 is 0.829 bits per heavy atom. The summed E-state index contributed by atoms with van der Waals surface area (Å²) in [5.41, 5.74) is 2.99. The Kier molecular flexibility index (Phi) is 11.9. The lowest BCUT2D eigenvalue weighted by Gasteiger charge is -2.29. The van der Waals surface area contributed by atoms with Gasteiger partial charge < -0.3 is 20.7 Å². The molecule has 2 aromatic carbocycles. The van der Waals surface area contributed by atoms with Crippen molar-refractivity contribution in [3.8, 4) is 11.1 Å². The number of hydrogen-bond acceptors (Lipinski definition) is 5. The molecule has 2 aromatic rings. The van der Waals surface area contributed by atoms with Crippen molar-refractivity contribution in [2.75, 3.05) is 0 Å². The van der Waals surface area contributed by atoms with Crippen molar-refractivity contribution in [3.63, 3.8) is 0 Å². The standard InChI is InChI=1S/C33H45N3O5/c1-6-8-12-22(4)28-20-29(37)35-27(19-24-15-17-26(18-16-24)25-13-10-9-11-14-25)32(39)34-23(5)31(38)36-30(21(3)7-2)33(40)41-28/h9-11,13-18,21-23,27-28,30H,6-8,12,19-20H2,1-5H3,(H,34,39)(H,35,37)(H,36,38)/t21-,22-,23-,27+,28-,30+/m0/s1. The van der Waals surface area contributed by atoms with Gasteiger partial charge in [0, 0.05) is 6.42 Å². The first-order valence-electron chi connectivity index (χ1n) is 14.9. The van der Waals surface area contributed by atoms with Crippen LogP contribution in [0.25, 0.3) is 11.1 Å². The average molecular weight is 564 g/mol. The highest BCUT2D eigenvalue weighted by Crippen LogP contribution is 2.22. The van der Waals surface area contributed by atoms with Crippen LogP contribution in [0, 0.1) is 11.8 Å². The second-order valence-corrected chi connectivity index (χ2v) is 11.3. The zero-order valence-electron chi connectivity index (χ0n) is 24.9. The van der Waals surface area contributed by atoms with Crippen LogP contribution in [0.1, 0.15) is 72.3 Å². The molecule has 0 spiro atoms. The SMILES string of the molecule is CCCC[C@H](C)[C@@H]1CC(=O)N[C@H](Cc2ccc(-c3ccccc3)cc2)C(=O)N[C@@H](C)C(=O)N[C@H]([C@@H](C)CC)C(=O)O1. The molecule has 1 saturated heterocycles. The summed E-state index contributed by atoms with van der Waals surface area (Å²) < 4.78 is 5.93. The molecule has 6 atom stereocenters. The van der Waals surface area contributed by atoms with E-state index in [0.29, 0.717) is 6.42 Å². The van der Waals surface area contributed by atoms with Gasteiger partial charge in [0.1, 0.15) is 24.2 Å².